The smallest absolute Gasteiger partial charge is 0.0545 e. The highest BCUT2D eigenvalue weighted by Crippen LogP contribution is 2.67. The number of halogens is 1. The van der Waals surface area contributed by atoms with E-state index in [0.29, 0.717) is 16.7 Å². The average Bonchev–Trinajstić information content (AvgIpc) is 2.93. The number of aliphatic hydroxyl groups excluding tert-OH is 1. The van der Waals surface area contributed by atoms with Crippen LogP contribution >= 0.6 is 12.4 Å². The predicted octanol–water partition coefficient (Wildman–Crippen LogP) is 5.43. The Morgan fingerprint density at radius 2 is 1.65 bits per heavy atom. The van der Waals surface area contributed by atoms with E-state index < -0.39 is 0 Å². The summed E-state index contributed by atoms with van der Waals surface area (Å²) in [5.74, 6) is 4.28. The maximum absolute atomic E-state index is 10.4. The highest BCUT2D eigenvalue weighted by atomic mass is 35.5. The molecule has 2 nitrogen and oxygen atoms in total. The van der Waals surface area contributed by atoms with Crippen molar-refractivity contribution in [2.45, 2.75) is 97.6 Å². The van der Waals surface area contributed by atoms with Crippen LogP contribution in [0.15, 0.2) is 0 Å². The Bertz CT molecular complexity index is 497. The average molecular weight is 384 g/mol. The van der Waals surface area contributed by atoms with Gasteiger partial charge in [0, 0.05) is 6.04 Å². The standard InChI is InChI=1S/C23H41NO.ClH/c1-5-24-17-10-12-22(3)16(14-17)6-7-18-20-9-8-19(15(2)25)23(20,4)13-11-21(18)22;/h15-21,24-25H,5-14H2,1-4H3;1H/t15-,16?,17?,18-,19+,20-,21-,22-,23+;/m0./s1. The van der Waals surface area contributed by atoms with Gasteiger partial charge in [0.2, 0.25) is 0 Å². The fraction of sp³-hybridized carbons (Fsp3) is 1.00. The highest BCUT2D eigenvalue weighted by Gasteiger charge is 2.60. The largest absolute Gasteiger partial charge is 0.393 e. The molecule has 0 heterocycles. The fourth-order valence-corrected chi connectivity index (χ4v) is 8.57. The van der Waals surface area contributed by atoms with Gasteiger partial charge in [-0.2, -0.15) is 0 Å². The molecule has 2 unspecified atom stereocenters. The van der Waals surface area contributed by atoms with Gasteiger partial charge in [0.05, 0.1) is 6.10 Å². The second-order valence-electron chi connectivity index (χ2n) is 10.7. The topological polar surface area (TPSA) is 32.3 Å². The molecule has 26 heavy (non-hydrogen) atoms. The Morgan fingerprint density at radius 3 is 2.35 bits per heavy atom. The van der Waals surface area contributed by atoms with E-state index >= 15 is 0 Å². The number of fused-ring (bicyclic) bond motifs is 5. The van der Waals surface area contributed by atoms with Crippen molar-refractivity contribution in [2.75, 3.05) is 6.54 Å². The number of aliphatic hydroxyl groups is 1. The van der Waals surface area contributed by atoms with Gasteiger partial charge >= 0.3 is 0 Å². The Labute approximate surface area is 167 Å². The van der Waals surface area contributed by atoms with E-state index in [1.807, 2.05) is 6.92 Å². The maximum atomic E-state index is 10.4. The van der Waals surface area contributed by atoms with Gasteiger partial charge in [-0.25, -0.2) is 0 Å². The first-order valence-electron chi connectivity index (χ1n) is 11.3. The van der Waals surface area contributed by atoms with Crippen LogP contribution in [0.4, 0.5) is 0 Å². The SMILES string of the molecule is CCNC1CC[C@@]2(C)C(CC[C@H]3[C@@H]4CC[C@H]([C@H](C)O)[C@@]4(C)CC[C@@H]32)C1.Cl. The van der Waals surface area contributed by atoms with E-state index in [9.17, 15) is 5.11 Å². The van der Waals surface area contributed by atoms with Gasteiger partial charge in [0.25, 0.3) is 0 Å². The molecule has 0 spiro atoms. The van der Waals surface area contributed by atoms with E-state index in [1.165, 1.54) is 57.8 Å². The lowest BCUT2D eigenvalue weighted by Gasteiger charge is -2.61. The molecule has 4 aliphatic carbocycles. The highest BCUT2D eigenvalue weighted by molar-refractivity contribution is 5.85. The molecule has 3 heteroatoms. The van der Waals surface area contributed by atoms with Crippen LogP contribution in [0.3, 0.4) is 0 Å². The first kappa shape index (κ1) is 20.9. The lowest BCUT2D eigenvalue weighted by atomic mass is 9.44. The number of hydrogen-bond acceptors (Lipinski definition) is 2. The molecule has 0 radical (unpaired) electrons. The molecule has 4 rings (SSSR count). The van der Waals surface area contributed by atoms with Crippen LogP contribution in [0.25, 0.3) is 0 Å². The quantitative estimate of drug-likeness (QED) is 0.681. The third-order valence-electron chi connectivity index (χ3n) is 9.81. The molecule has 0 aromatic carbocycles. The van der Waals surface area contributed by atoms with Gasteiger partial charge in [0.15, 0.2) is 0 Å². The van der Waals surface area contributed by atoms with Gasteiger partial charge in [-0.15, -0.1) is 12.4 Å². The van der Waals surface area contributed by atoms with Crippen molar-refractivity contribution < 1.29 is 5.11 Å². The van der Waals surface area contributed by atoms with Gasteiger partial charge in [-0.05, 0) is 112 Å². The summed E-state index contributed by atoms with van der Waals surface area (Å²) < 4.78 is 0. The minimum atomic E-state index is -0.117. The normalized spacial score (nSPS) is 51.6. The predicted molar refractivity (Wildman–Crippen MR) is 112 cm³/mol. The molecule has 4 saturated carbocycles. The summed E-state index contributed by atoms with van der Waals surface area (Å²) in [4.78, 5) is 0. The monoisotopic (exact) mass is 383 g/mol. The Balaban J connectivity index is 0.00000196. The first-order valence-corrected chi connectivity index (χ1v) is 11.3. The Morgan fingerprint density at radius 1 is 0.962 bits per heavy atom. The van der Waals surface area contributed by atoms with Gasteiger partial charge in [0.1, 0.15) is 0 Å². The second kappa shape index (κ2) is 7.56. The van der Waals surface area contributed by atoms with Crippen LogP contribution < -0.4 is 5.32 Å². The van der Waals surface area contributed by atoms with Crippen molar-refractivity contribution >= 4 is 12.4 Å². The third kappa shape index (κ3) is 3.07. The van der Waals surface area contributed by atoms with Gasteiger partial charge in [-0.1, -0.05) is 20.8 Å². The van der Waals surface area contributed by atoms with E-state index in [2.05, 4.69) is 26.1 Å². The Kier molecular flexibility index (Phi) is 6.09. The fourth-order valence-electron chi connectivity index (χ4n) is 8.57. The summed E-state index contributed by atoms with van der Waals surface area (Å²) in [6.45, 7) is 10.6. The number of nitrogens with one attached hydrogen (secondary N) is 1. The molecule has 9 atom stereocenters. The number of rotatable bonds is 3. The van der Waals surface area contributed by atoms with E-state index in [4.69, 9.17) is 0 Å². The van der Waals surface area contributed by atoms with Crippen LogP contribution in [0.5, 0.6) is 0 Å². The molecule has 0 bridgehead atoms. The van der Waals surface area contributed by atoms with Crippen LogP contribution in [-0.2, 0) is 0 Å². The van der Waals surface area contributed by atoms with Crippen LogP contribution in [0, 0.1) is 40.4 Å². The van der Waals surface area contributed by atoms with Crippen molar-refractivity contribution in [3.05, 3.63) is 0 Å². The molecular weight excluding hydrogens is 342 g/mol. The van der Waals surface area contributed by atoms with E-state index in [0.717, 1.165) is 36.3 Å². The van der Waals surface area contributed by atoms with Crippen LogP contribution in [0.2, 0.25) is 0 Å². The lowest BCUT2D eigenvalue weighted by Crippen LogP contribution is -2.55. The van der Waals surface area contributed by atoms with Gasteiger partial charge in [-0.3, -0.25) is 0 Å². The summed E-state index contributed by atoms with van der Waals surface area (Å²) in [6.07, 6.45) is 12.5. The Hall–Kier alpha value is 0.210. The molecule has 0 aromatic rings. The maximum Gasteiger partial charge on any atom is 0.0545 e. The lowest BCUT2D eigenvalue weighted by molar-refractivity contribution is -0.121. The van der Waals surface area contributed by atoms with Crippen molar-refractivity contribution in [3.63, 3.8) is 0 Å². The zero-order valence-corrected chi connectivity index (χ0v) is 18.3. The minimum Gasteiger partial charge on any atom is -0.393 e. The van der Waals surface area contributed by atoms with Crippen molar-refractivity contribution in [2.24, 2.45) is 40.4 Å². The number of hydrogen-bond donors (Lipinski definition) is 2. The van der Waals surface area contributed by atoms with Crippen LogP contribution in [0.1, 0.15) is 85.5 Å². The van der Waals surface area contributed by atoms with Crippen molar-refractivity contribution in [1.29, 1.82) is 0 Å². The first-order chi connectivity index (χ1) is 11.9. The van der Waals surface area contributed by atoms with Crippen molar-refractivity contribution in [1.82, 2.24) is 5.32 Å². The van der Waals surface area contributed by atoms with E-state index in [-0.39, 0.29) is 18.5 Å². The van der Waals surface area contributed by atoms with Crippen LogP contribution in [-0.4, -0.2) is 23.8 Å². The summed E-state index contributed by atoms with van der Waals surface area (Å²) in [6, 6.07) is 0.777. The van der Waals surface area contributed by atoms with E-state index in [1.54, 1.807) is 0 Å². The summed E-state index contributed by atoms with van der Waals surface area (Å²) in [5.41, 5.74) is 1.01. The molecule has 0 saturated heterocycles. The molecule has 0 amide bonds. The second-order valence-corrected chi connectivity index (χ2v) is 10.7. The molecule has 2 N–H and O–H groups in total. The third-order valence-corrected chi connectivity index (χ3v) is 9.81. The van der Waals surface area contributed by atoms with Gasteiger partial charge < -0.3 is 10.4 Å². The zero-order valence-electron chi connectivity index (χ0n) is 17.5. The summed E-state index contributed by atoms with van der Waals surface area (Å²) >= 11 is 0. The zero-order chi connectivity index (χ0) is 17.8. The molecule has 0 aliphatic heterocycles. The molecule has 0 aromatic heterocycles. The summed E-state index contributed by atoms with van der Waals surface area (Å²) in [5, 5.41) is 14.1. The molecule has 152 valence electrons. The summed E-state index contributed by atoms with van der Waals surface area (Å²) in [7, 11) is 0. The molecule has 4 aliphatic rings. The molecular formula is C23H42ClNO. The van der Waals surface area contributed by atoms with Crippen molar-refractivity contribution in [3.8, 4) is 0 Å². The minimum absolute atomic E-state index is 0. The molecule has 4 fully saturated rings.